The van der Waals surface area contributed by atoms with Gasteiger partial charge in [-0.2, -0.15) is 0 Å². The number of nitrogens with zero attached hydrogens (tertiary/aromatic N) is 2. The van der Waals surface area contributed by atoms with Crippen LogP contribution < -0.4 is 10.9 Å². The quantitative estimate of drug-likeness (QED) is 0.444. The van der Waals surface area contributed by atoms with Crippen LogP contribution in [0.25, 0.3) is 10.9 Å². The summed E-state index contributed by atoms with van der Waals surface area (Å²) in [5, 5.41) is 3.60. The summed E-state index contributed by atoms with van der Waals surface area (Å²) in [5.41, 5.74) is 1.35. The van der Waals surface area contributed by atoms with E-state index in [0.717, 1.165) is 5.56 Å². The van der Waals surface area contributed by atoms with Crippen LogP contribution in [0.2, 0.25) is 0 Å². The van der Waals surface area contributed by atoms with E-state index in [4.69, 9.17) is 0 Å². The molecule has 0 aliphatic carbocycles. The molecule has 30 heavy (non-hydrogen) atoms. The Morgan fingerprint density at radius 1 is 1.10 bits per heavy atom. The zero-order valence-corrected chi connectivity index (χ0v) is 18.4. The van der Waals surface area contributed by atoms with Gasteiger partial charge in [0.2, 0.25) is 5.91 Å². The van der Waals surface area contributed by atoms with Crippen molar-refractivity contribution in [3.05, 3.63) is 70.3 Å². The Morgan fingerprint density at radius 3 is 2.43 bits per heavy atom. The number of benzene rings is 2. The van der Waals surface area contributed by atoms with Crippen molar-refractivity contribution in [2.45, 2.75) is 50.7 Å². The number of thioether (sulfide) groups is 1. The minimum atomic E-state index is -0.459. The van der Waals surface area contributed by atoms with Crippen LogP contribution in [0.5, 0.6) is 0 Å². The number of hydrogen-bond acceptors (Lipinski definition) is 4. The summed E-state index contributed by atoms with van der Waals surface area (Å²) in [4.78, 5) is 30.4. The first kappa shape index (κ1) is 22.0. The van der Waals surface area contributed by atoms with Crippen LogP contribution >= 0.6 is 11.8 Å². The molecule has 2 atom stereocenters. The number of carbonyl (C=O) groups excluding carboxylic acids is 1. The van der Waals surface area contributed by atoms with Crippen molar-refractivity contribution in [3.63, 3.8) is 0 Å². The Kier molecular flexibility index (Phi) is 6.92. The Morgan fingerprint density at radius 2 is 1.77 bits per heavy atom. The molecule has 3 aromatic rings. The van der Waals surface area contributed by atoms with Gasteiger partial charge < -0.3 is 5.32 Å². The predicted molar refractivity (Wildman–Crippen MR) is 119 cm³/mol. The third-order valence-corrected chi connectivity index (χ3v) is 5.84. The lowest BCUT2D eigenvalue weighted by atomic mass is 10.1. The fraction of sp³-hybridized carbons (Fsp3) is 0.348. The van der Waals surface area contributed by atoms with Gasteiger partial charge in [-0.1, -0.05) is 49.9 Å². The molecule has 5 nitrogen and oxygen atoms in total. The largest absolute Gasteiger partial charge is 0.349 e. The first-order chi connectivity index (χ1) is 14.3. The summed E-state index contributed by atoms with van der Waals surface area (Å²) in [6.45, 7) is 8.25. The highest BCUT2D eigenvalue weighted by molar-refractivity contribution is 8.00. The predicted octanol–water partition coefficient (Wildman–Crippen LogP) is 4.55. The average molecular weight is 428 g/mol. The van der Waals surface area contributed by atoms with Gasteiger partial charge in [-0.05, 0) is 49.6 Å². The van der Waals surface area contributed by atoms with E-state index >= 15 is 0 Å². The zero-order valence-electron chi connectivity index (χ0n) is 17.6. The monoisotopic (exact) mass is 427 g/mol. The first-order valence-electron chi connectivity index (χ1n) is 9.98. The third-order valence-electron chi connectivity index (χ3n) is 4.75. The van der Waals surface area contributed by atoms with E-state index in [1.807, 2.05) is 39.0 Å². The minimum absolute atomic E-state index is 0.0934. The molecule has 0 bridgehead atoms. The lowest BCUT2D eigenvalue weighted by Crippen LogP contribution is -2.34. The van der Waals surface area contributed by atoms with Crippen molar-refractivity contribution in [1.82, 2.24) is 14.9 Å². The van der Waals surface area contributed by atoms with Gasteiger partial charge >= 0.3 is 0 Å². The maximum atomic E-state index is 13.1. The molecule has 0 aliphatic rings. The van der Waals surface area contributed by atoms with Gasteiger partial charge in [0.15, 0.2) is 5.16 Å². The van der Waals surface area contributed by atoms with E-state index in [1.165, 1.54) is 23.9 Å². The van der Waals surface area contributed by atoms with E-state index in [9.17, 15) is 14.0 Å². The maximum Gasteiger partial charge on any atom is 0.262 e. The van der Waals surface area contributed by atoms with E-state index < -0.39 is 5.25 Å². The van der Waals surface area contributed by atoms with Gasteiger partial charge in [-0.25, -0.2) is 9.37 Å². The lowest BCUT2D eigenvalue weighted by Gasteiger charge is -2.20. The van der Waals surface area contributed by atoms with Gasteiger partial charge in [0.05, 0.1) is 22.2 Å². The molecular weight excluding hydrogens is 401 g/mol. The maximum absolute atomic E-state index is 13.1. The van der Waals surface area contributed by atoms with Gasteiger partial charge in [-0.15, -0.1) is 0 Å². The fourth-order valence-corrected chi connectivity index (χ4v) is 4.07. The average Bonchev–Trinajstić information content (AvgIpc) is 2.71. The molecule has 0 unspecified atom stereocenters. The molecule has 158 valence electrons. The van der Waals surface area contributed by atoms with E-state index in [1.54, 1.807) is 29.7 Å². The molecule has 1 amide bonds. The first-order valence-corrected chi connectivity index (χ1v) is 10.9. The highest BCUT2D eigenvalue weighted by Crippen LogP contribution is 2.24. The highest BCUT2D eigenvalue weighted by Gasteiger charge is 2.21. The van der Waals surface area contributed by atoms with Gasteiger partial charge in [0.1, 0.15) is 5.82 Å². The topological polar surface area (TPSA) is 64.0 Å². The Labute approximate surface area is 179 Å². The van der Waals surface area contributed by atoms with Crippen molar-refractivity contribution >= 4 is 28.6 Å². The van der Waals surface area contributed by atoms with Gasteiger partial charge in [0.25, 0.3) is 5.56 Å². The molecule has 0 aliphatic heterocycles. The van der Waals surface area contributed by atoms with E-state index in [2.05, 4.69) is 10.3 Å². The number of nitrogens with one attached hydrogen (secondary N) is 1. The molecule has 0 spiro atoms. The Balaban J connectivity index is 1.82. The molecule has 0 saturated heterocycles. The van der Waals surface area contributed by atoms with Crippen LogP contribution in [-0.4, -0.2) is 20.7 Å². The highest BCUT2D eigenvalue weighted by atomic mass is 32.2. The van der Waals surface area contributed by atoms with Gasteiger partial charge in [-0.3, -0.25) is 14.2 Å². The number of halogens is 1. The molecule has 3 rings (SSSR count). The van der Waals surface area contributed by atoms with Crippen molar-refractivity contribution in [3.8, 4) is 0 Å². The van der Waals surface area contributed by atoms with Crippen LogP contribution in [-0.2, 0) is 11.3 Å². The van der Waals surface area contributed by atoms with Crippen LogP contribution in [0.4, 0.5) is 4.39 Å². The molecule has 1 heterocycles. The SMILES string of the molecule is CC(C)Cn1c(S[C@@H](C)C(=O)N[C@@H](C)c2ccc(F)cc2)nc2ccccc2c1=O. The van der Waals surface area contributed by atoms with Crippen LogP contribution in [0.15, 0.2) is 58.5 Å². The number of hydrogen-bond donors (Lipinski definition) is 1. The molecule has 2 aromatic carbocycles. The smallest absolute Gasteiger partial charge is 0.262 e. The molecule has 1 aromatic heterocycles. The number of fused-ring (bicyclic) bond motifs is 1. The molecular formula is C23H26FN3O2S. The van der Waals surface area contributed by atoms with E-state index in [-0.39, 0.29) is 29.2 Å². The standard InChI is InChI=1S/C23H26FN3O2S/c1-14(2)13-27-22(29)19-7-5-6-8-20(19)26-23(27)30-16(4)21(28)25-15(3)17-9-11-18(24)12-10-17/h5-12,14-16H,13H2,1-4H3,(H,25,28)/t15-,16-/m0/s1. The molecule has 0 saturated carbocycles. The number of amides is 1. The Hall–Kier alpha value is -2.67. The molecule has 0 fully saturated rings. The van der Waals surface area contributed by atoms with Crippen LogP contribution in [0.3, 0.4) is 0 Å². The summed E-state index contributed by atoms with van der Waals surface area (Å²) >= 11 is 1.27. The number of para-hydroxylation sites is 1. The Bertz CT molecular complexity index is 1100. The van der Waals surface area contributed by atoms with Crippen molar-refractivity contribution < 1.29 is 9.18 Å². The van der Waals surface area contributed by atoms with Crippen molar-refractivity contribution in [1.29, 1.82) is 0 Å². The minimum Gasteiger partial charge on any atom is -0.349 e. The van der Waals surface area contributed by atoms with E-state index in [0.29, 0.717) is 22.6 Å². The number of carbonyl (C=O) groups is 1. The number of rotatable bonds is 7. The second kappa shape index (κ2) is 9.43. The molecule has 1 N–H and O–H groups in total. The van der Waals surface area contributed by atoms with Crippen LogP contribution in [0, 0.1) is 11.7 Å². The normalized spacial score (nSPS) is 13.4. The number of aromatic nitrogens is 2. The van der Waals surface area contributed by atoms with Crippen molar-refractivity contribution in [2.75, 3.05) is 0 Å². The molecule has 7 heteroatoms. The van der Waals surface area contributed by atoms with Crippen LogP contribution in [0.1, 0.15) is 39.3 Å². The zero-order chi connectivity index (χ0) is 21.8. The van der Waals surface area contributed by atoms with Gasteiger partial charge in [0, 0.05) is 6.54 Å². The molecule has 0 radical (unpaired) electrons. The second-order valence-corrected chi connectivity index (χ2v) is 9.07. The summed E-state index contributed by atoms with van der Waals surface area (Å²) in [5.74, 6) is -0.227. The summed E-state index contributed by atoms with van der Waals surface area (Å²) in [7, 11) is 0. The summed E-state index contributed by atoms with van der Waals surface area (Å²) < 4.78 is 14.8. The summed E-state index contributed by atoms with van der Waals surface area (Å²) in [6.07, 6.45) is 0. The fourth-order valence-electron chi connectivity index (χ4n) is 3.14. The lowest BCUT2D eigenvalue weighted by molar-refractivity contribution is -0.120. The third kappa shape index (κ3) is 5.08. The second-order valence-electron chi connectivity index (χ2n) is 7.76. The van der Waals surface area contributed by atoms with Crippen molar-refractivity contribution in [2.24, 2.45) is 5.92 Å². The summed E-state index contributed by atoms with van der Waals surface area (Å²) in [6, 6.07) is 13.1.